The minimum atomic E-state index is -0.0468. The van der Waals surface area contributed by atoms with Gasteiger partial charge in [-0.15, -0.1) is 0 Å². The number of para-hydroxylation sites is 1. The number of ether oxygens (including phenoxy) is 1. The minimum Gasteiger partial charge on any atom is -0.488 e. The molecule has 2 aromatic carbocycles. The number of thiocarbonyl (C=S) groups is 1. The summed E-state index contributed by atoms with van der Waals surface area (Å²) in [5.74, 6) is 0.668. The summed E-state index contributed by atoms with van der Waals surface area (Å²) in [4.78, 5) is 14.8. The Morgan fingerprint density at radius 1 is 1.10 bits per heavy atom. The fourth-order valence-corrected chi connectivity index (χ4v) is 4.32. The monoisotopic (exact) mass is 426 g/mol. The van der Waals surface area contributed by atoms with E-state index in [4.69, 9.17) is 28.6 Å². The van der Waals surface area contributed by atoms with Gasteiger partial charge in [-0.1, -0.05) is 61.2 Å². The maximum absolute atomic E-state index is 13.0. The van der Waals surface area contributed by atoms with Gasteiger partial charge in [-0.3, -0.25) is 9.69 Å². The highest BCUT2D eigenvalue weighted by Crippen LogP contribution is 2.28. The Hall–Kier alpha value is -2.37. The summed E-state index contributed by atoms with van der Waals surface area (Å²) in [6.45, 7) is 0.422. The van der Waals surface area contributed by atoms with E-state index in [1.165, 1.54) is 6.42 Å². The van der Waals surface area contributed by atoms with Crippen LogP contribution >= 0.6 is 23.8 Å². The largest absolute Gasteiger partial charge is 0.488 e. The molecule has 1 saturated carbocycles. The lowest BCUT2D eigenvalue weighted by atomic mass is 9.94. The van der Waals surface area contributed by atoms with E-state index in [-0.39, 0.29) is 11.9 Å². The molecular formula is C23H23ClN2O2S. The molecule has 4 nitrogen and oxygen atoms in total. The fourth-order valence-electron chi connectivity index (χ4n) is 3.85. The van der Waals surface area contributed by atoms with Crippen molar-refractivity contribution in [1.29, 1.82) is 0 Å². The molecule has 1 aliphatic carbocycles. The second kappa shape index (κ2) is 8.97. The van der Waals surface area contributed by atoms with Gasteiger partial charge in [0.25, 0.3) is 5.91 Å². The van der Waals surface area contributed by atoms with Crippen LogP contribution in [-0.2, 0) is 11.4 Å². The molecule has 1 amide bonds. The van der Waals surface area contributed by atoms with Crippen molar-refractivity contribution in [2.75, 3.05) is 0 Å². The summed E-state index contributed by atoms with van der Waals surface area (Å²) in [5, 5.41) is 4.31. The third-order valence-electron chi connectivity index (χ3n) is 5.38. The molecule has 1 saturated heterocycles. The normalized spacial score (nSPS) is 18.9. The van der Waals surface area contributed by atoms with Crippen molar-refractivity contribution in [3.8, 4) is 5.75 Å². The molecule has 2 aromatic rings. The first-order chi connectivity index (χ1) is 14.1. The van der Waals surface area contributed by atoms with Gasteiger partial charge < -0.3 is 10.1 Å². The van der Waals surface area contributed by atoms with Gasteiger partial charge in [0.15, 0.2) is 5.11 Å². The number of benzene rings is 2. The molecule has 150 valence electrons. The molecule has 29 heavy (non-hydrogen) atoms. The zero-order valence-electron chi connectivity index (χ0n) is 16.1. The number of nitrogens with zero attached hydrogens (tertiary/aromatic N) is 1. The lowest BCUT2D eigenvalue weighted by molar-refractivity contribution is -0.124. The minimum absolute atomic E-state index is 0.0468. The molecule has 1 aliphatic heterocycles. The Kier molecular flexibility index (Phi) is 6.16. The molecule has 1 N–H and O–H groups in total. The van der Waals surface area contributed by atoms with Crippen LogP contribution in [0.1, 0.15) is 43.2 Å². The summed E-state index contributed by atoms with van der Waals surface area (Å²) < 4.78 is 6.01. The summed E-state index contributed by atoms with van der Waals surface area (Å²) >= 11 is 11.4. The third-order valence-corrected chi connectivity index (χ3v) is 5.93. The molecule has 1 heterocycles. The Balaban J connectivity index is 1.51. The van der Waals surface area contributed by atoms with E-state index in [0.29, 0.717) is 28.2 Å². The van der Waals surface area contributed by atoms with Crippen molar-refractivity contribution < 1.29 is 9.53 Å². The zero-order valence-corrected chi connectivity index (χ0v) is 17.6. The first kappa shape index (κ1) is 19.9. The van der Waals surface area contributed by atoms with Gasteiger partial charge in [0.05, 0.1) is 0 Å². The molecule has 4 rings (SSSR count). The first-order valence-electron chi connectivity index (χ1n) is 9.94. The number of nitrogens with one attached hydrogen (secondary N) is 1. The van der Waals surface area contributed by atoms with Crippen LogP contribution in [0.15, 0.2) is 54.2 Å². The van der Waals surface area contributed by atoms with Gasteiger partial charge in [-0.25, -0.2) is 0 Å². The molecule has 0 atom stereocenters. The topological polar surface area (TPSA) is 41.6 Å². The quantitative estimate of drug-likeness (QED) is 0.519. The average molecular weight is 427 g/mol. The van der Waals surface area contributed by atoms with Gasteiger partial charge in [-0.2, -0.15) is 0 Å². The molecule has 0 spiro atoms. The molecule has 0 radical (unpaired) electrons. The zero-order chi connectivity index (χ0) is 20.2. The number of carbonyl (C=O) groups excluding carboxylic acids is 1. The second-order valence-corrected chi connectivity index (χ2v) is 8.23. The van der Waals surface area contributed by atoms with Crippen molar-refractivity contribution >= 4 is 40.9 Å². The highest BCUT2D eigenvalue weighted by molar-refractivity contribution is 7.80. The van der Waals surface area contributed by atoms with Gasteiger partial charge >= 0.3 is 0 Å². The van der Waals surface area contributed by atoms with Crippen LogP contribution < -0.4 is 10.1 Å². The van der Waals surface area contributed by atoms with E-state index >= 15 is 0 Å². The Morgan fingerprint density at radius 2 is 1.83 bits per heavy atom. The molecule has 2 aliphatic rings. The molecule has 6 heteroatoms. The van der Waals surface area contributed by atoms with E-state index in [1.54, 1.807) is 4.90 Å². The number of halogens is 1. The number of amides is 1. The highest BCUT2D eigenvalue weighted by atomic mass is 35.5. The third kappa shape index (κ3) is 4.62. The van der Waals surface area contributed by atoms with Gasteiger partial charge in [0.2, 0.25) is 0 Å². The van der Waals surface area contributed by atoms with Crippen molar-refractivity contribution in [2.45, 2.75) is 44.8 Å². The van der Waals surface area contributed by atoms with Gasteiger partial charge in [0.1, 0.15) is 18.1 Å². The van der Waals surface area contributed by atoms with Gasteiger partial charge in [0, 0.05) is 16.6 Å². The van der Waals surface area contributed by atoms with Crippen LogP contribution in [0.25, 0.3) is 6.08 Å². The second-order valence-electron chi connectivity index (χ2n) is 7.41. The van der Waals surface area contributed by atoms with Crippen LogP contribution in [0, 0.1) is 0 Å². The highest BCUT2D eigenvalue weighted by Gasteiger charge is 2.36. The van der Waals surface area contributed by atoms with E-state index in [0.717, 1.165) is 36.8 Å². The Labute approximate surface area is 181 Å². The predicted molar refractivity (Wildman–Crippen MR) is 120 cm³/mol. The number of hydrogen-bond acceptors (Lipinski definition) is 3. The van der Waals surface area contributed by atoms with Crippen LogP contribution in [0.5, 0.6) is 5.75 Å². The summed E-state index contributed by atoms with van der Waals surface area (Å²) in [6, 6.07) is 15.5. The molecule has 0 bridgehead atoms. The summed E-state index contributed by atoms with van der Waals surface area (Å²) in [5.41, 5.74) is 2.37. The van der Waals surface area contributed by atoms with E-state index in [9.17, 15) is 4.79 Å². The van der Waals surface area contributed by atoms with Crippen LogP contribution in [0.3, 0.4) is 0 Å². The summed E-state index contributed by atoms with van der Waals surface area (Å²) in [7, 11) is 0. The van der Waals surface area contributed by atoms with Crippen molar-refractivity contribution in [2.24, 2.45) is 0 Å². The van der Waals surface area contributed by atoms with E-state index < -0.39 is 0 Å². The SMILES string of the molecule is O=C1C(=Cc2ccccc2OCc2ccc(Cl)cc2)NC(=S)N1C1CCCCC1. The van der Waals surface area contributed by atoms with E-state index in [2.05, 4.69) is 5.32 Å². The number of hydrogen-bond donors (Lipinski definition) is 1. The van der Waals surface area contributed by atoms with Crippen molar-refractivity contribution in [1.82, 2.24) is 10.2 Å². The molecule has 2 fully saturated rings. The maximum atomic E-state index is 13.0. The average Bonchev–Trinajstić information content (AvgIpc) is 3.02. The van der Waals surface area contributed by atoms with Gasteiger partial charge in [-0.05, 0) is 54.9 Å². The first-order valence-corrected chi connectivity index (χ1v) is 10.7. The molecule has 0 aromatic heterocycles. The van der Waals surface area contributed by atoms with Crippen LogP contribution in [-0.4, -0.2) is 22.0 Å². The Bertz CT molecular complexity index is 936. The molecular weight excluding hydrogens is 404 g/mol. The van der Waals surface area contributed by atoms with Crippen LogP contribution in [0.2, 0.25) is 5.02 Å². The number of carbonyl (C=O) groups is 1. The van der Waals surface area contributed by atoms with E-state index in [1.807, 2.05) is 54.6 Å². The van der Waals surface area contributed by atoms with Crippen molar-refractivity contribution in [3.63, 3.8) is 0 Å². The van der Waals surface area contributed by atoms with Crippen LogP contribution in [0.4, 0.5) is 0 Å². The summed E-state index contributed by atoms with van der Waals surface area (Å²) in [6.07, 6.45) is 7.40. The standard InChI is InChI=1S/C23H23ClN2O2S/c24-18-12-10-16(11-13-18)15-28-21-9-5-4-6-17(21)14-20-22(27)26(23(29)25-20)19-7-2-1-3-8-19/h4-6,9-14,19H,1-3,7-8,15H2,(H,25,29). The maximum Gasteiger partial charge on any atom is 0.276 e. The molecule has 0 unspecified atom stereocenters. The number of rotatable bonds is 5. The smallest absolute Gasteiger partial charge is 0.276 e. The fraction of sp³-hybridized carbons (Fsp3) is 0.304. The Morgan fingerprint density at radius 3 is 2.59 bits per heavy atom. The predicted octanol–water partition coefficient (Wildman–Crippen LogP) is 5.31. The lowest BCUT2D eigenvalue weighted by Gasteiger charge is -2.29. The lowest BCUT2D eigenvalue weighted by Crippen LogP contribution is -2.41. The van der Waals surface area contributed by atoms with Crippen molar-refractivity contribution in [3.05, 3.63) is 70.4 Å².